The maximum Gasteiger partial charge on any atom is 0.193 e. The summed E-state index contributed by atoms with van der Waals surface area (Å²) in [7, 11) is 3.82. The van der Waals surface area contributed by atoms with Crippen molar-refractivity contribution >= 4 is 29.9 Å². The molecule has 7 heteroatoms. The smallest absolute Gasteiger partial charge is 0.193 e. The third kappa shape index (κ3) is 4.98. The predicted molar refractivity (Wildman–Crippen MR) is 130 cm³/mol. The molecule has 2 fully saturated rings. The summed E-state index contributed by atoms with van der Waals surface area (Å²) in [5.74, 6) is 1.31. The number of guanidine groups is 1. The number of aromatic nitrogens is 2. The Morgan fingerprint density at radius 1 is 1.30 bits per heavy atom. The third-order valence-corrected chi connectivity index (χ3v) is 6.73. The van der Waals surface area contributed by atoms with Crippen LogP contribution in [0.15, 0.2) is 41.7 Å². The summed E-state index contributed by atoms with van der Waals surface area (Å²) in [6.07, 6.45) is 11.1. The van der Waals surface area contributed by atoms with Crippen molar-refractivity contribution in [3.8, 4) is 0 Å². The molecule has 1 saturated heterocycles. The molecule has 30 heavy (non-hydrogen) atoms. The number of aliphatic imine (C=N–C) groups is 1. The van der Waals surface area contributed by atoms with Gasteiger partial charge in [0.15, 0.2) is 5.96 Å². The first-order valence-corrected chi connectivity index (χ1v) is 10.8. The standard InChI is InChI=1S/C23H32FN5.HI/c1-25-22(29-12-9-18(16-29)19-14-27-28(2)15-19)26-17-23(10-4-3-5-11-23)20-7-6-8-21(24)13-20;/h6-8,13-15,18H,3-5,9-12,16-17H2,1-2H3,(H,25,26);1H. The van der Waals surface area contributed by atoms with Crippen molar-refractivity contribution in [3.05, 3.63) is 53.6 Å². The Morgan fingerprint density at radius 3 is 2.77 bits per heavy atom. The molecule has 4 rings (SSSR count). The molecule has 0 amide bonds. The van der Waals surface area contributed by atoms with Crippen LogP contribution in [0.25, 0.3) is 0 Å². The summed E-state index contributed by atoms with van der Waals surface area (Å²) >= 11 is 0. The van der Waals surface area contributed by atoms with Crippen molar-refractivity contribution < 1.29 is 4.39 Å². The van der Waals surface area contributed by atoms with E-state index in [1.54, 1.807) is 6.07 Å². The fourth-order valence-electron chi connectivity index (χ4n) is 5.07. The zero-order valence-corrected chi connectivity index (χ0v) is 20.3. The molecule has 1 N–H and O–H groups in total. The topological polar surface area (TPSA) is 45.5 Å². The van der Waals surface area contributed by atoms with E-state index in [-0.39, 0.29) is 35.2 Å². The van der Waals surface area contributed by atoms with Gasteiger partial charge in [0.25, 0.3) is 0 Å². The highest BCUT2D eigenvalue weighted by Crippen LogP contribution is 2.39. The molecule has 1 atom stereocenters. The van der Waals surface area contributed by atoms with Gasteiger partial charge >= 0.3 is 0 Å². The summed E-state index contributed by atoms with van der Waals surface area (Å²) in [6.45, 7) is 2.75. The Kier molecular flexibility index (Phi) is 7.76. The van der Waals surface area contributed by atoms with Crippen molar-refractivity contribution in [2.75, 3.05) is 26.7 Å². The first kappa shape index (κ1) is 23.0. The lowest BCUT2D eigenvalue weighted by atomic mass is 9.69. The largest absolute Gasteiger partial charge is 0.355 e. The maximum absolute atomic E-state index is 13.9. The first-order valence-electron chi connectivity index (χ1n) is 10.8. The maximum atomic E-state index is 13.9. The quantitative estimate of drug-likeness (QED) is 0.365. The summed E-state index contributed by atoms with van der Waals surface area (Å²) in [4.78, 5) is 6.91. The average molecular weight is 525 g/mol. The minimum absolute atomic E-state index is 0. The number of rotatable bonds is 4. The van der Waals surface area contributed by atoms with E-state index in [0.29, 0.717) is 5.92 Å². The van der Waals surface area contributed by atoms with Crippen molar-refractivity contribution in [2.24, 2.45) is 12.0 Å². The molecule has 1 aliphatic carbocycles. The van der Waals surface area contributed by atoms with Gasteiger partial charge < -0.3 is 10.2 Å². The van der Waals surface area contributed by atoms with E-state index < -0.39 is 0 Å². The number of hydrogen-bond acceptors (Lipinski definition) is 2. The monoisotopic (exact) mass is 525 g/mol. The number of benzene rings is 1. The third-order valence-electron chi connectivity index (χ3n) is 6.73. The number of nitrogens with one attached hydrogen (secondary N) is 1. The molecule has 2 heterocycles. The van der Waals surface area contributed by atoms with E-state index in [2.05, 4.69) is 32.6 Å². The number of nitrogens with zero attached hydrogens (tertiary/aromatic N) is 4. The molecule has 1 unspecified atom stereocenters. The SMILES string of the molecule is CN=C(NCC1(c2cccc(F)c2)CCCCC1)N1CCC(c2cnn(C)c2)C1.I. The molecule has 0 spiro atoms. The molecule has 0 radical (unpaired) electrons. The van der Waals surface area contributed by atoms with E-state index in [4.69, 9.17) is 0 Å². The first-order chi connectivity index (χ1) is 14.1. The minimum atomic E-state index is -0.143. The Balaban J connectivity index is 0.00000256. The normalized spacial score (nSPS) is 21.4. The van der Waals surface area contributed by atoms with Gasteiger partial charge in [-0.3, -0.25) is 9.67 Å². The van der Waals surface area contributed by atoms with E-state index >= 15 is 0 Å². The van der Waals surface area contributed by atoms with E-state index in [1.807, 2.05) is 31.0 Å². The lowest BCUT2D eigenvalue weighted by Gasteiger charge is -2.39. The molecular formula is C23H33FIN5. The molecule has 2 aliphatic rings. The van der Waals surface area contributed by atoms with Crippen LogP contribution in [0.3, 0.4) is 0 Å². The van der Waals surface area contributed by atoms with Crippen molar-refractivity contribution in [1.82, 2.24) is 20.0 Å². The highest BCUT2D eigenvalue weighted by molar-refractivity contribution is 14.0. The molecule has 164 valence electrons. The van der Waals surface area contributed by atoms with E-state index in [1.165, 1.54) is 30.9 Å². The van der Waals surface area contributed by atoms with Gasteiger partial charge in [0.2, 0.25) is 0 Å². The summed E-state index contributed by atoms with van der Waals surface area (Å²) in [5.41, 5.74) is 2.41. The van der Waals surface area contributed by atoms with Gasteiger partial charge in [0.05, 0.1) is 6.20 Å². The minimum Gasteiger partial charge on any atom is -0.355 e. The molecule has 1 saturated carbocycles. The van der Waals surface area contributed by atoms with Crippen molar-refractivity contribution in [2.45, 2.75) is 49.9 Å². The Hall–Kier alpha value is -1.64. The molecule has 1 aliphatic heterocycles. The second-order valence-corrected chi connectivity index (χ2v) is 8.63. The fourth-order valence-corrected chi connectivity index (χ4v) is 5.07. The zero-order valence-electron chi connectivity index (χ0n) is 18.0. The number of hydrogen-bond donors (Lipinski definition) is 1. The van der Waals surface area contributed by atoms with Crippen LogP contribution in [0.5, 0.6) is 0 Å². The number of likely N-dealkylation sites (tertiary alicyclic amines) is 1. The van der Waals surface area contributed by atoms with Gasteiger partial charge in [-0.2, -0.15) is 5.10 Å². The summed E-state index contributed by atoms with van der Waals surface area (Å²) < 4.78 is 15.8. The Labute approximate surface area is 196 Å². The Bertz CT molecular complexity index is 859. The van der Waals surface area contributed by atoms with Crippen molar-refractivity contribution in [1.29, 1.82) is 0 Å². The van der Waals surface area contributed by atoms with E-state index in [0.717, 1.165) is 50.4 Å². The van der Waals surface area contributed by atoms with Crippen LogP contribution < -0.4 is 5.32 Å². The van der Waals surface area contributed by atoms with Crippen LogP contribution in [0.2, 0.25) is 0 Å². The van der Waals surface area contributed by atoms with Gasteiger partial charge in [-0.1, -0.05) is 31.4 Å². The Morgan fingerprint density at radius 2 is 2.10 bits per heavy atom. The van der Waals surface area contributed by atoms with Crippen LogP contribution in [0.4, 0.5) is 4.39 Å². The van der Waals surface area contributed by atoms with Crippen LogP contribution >= 0.6 is 24.0 Å². The van der Waals surface area contributed by atoms with Gasteiger partial charge in [-0.15, -0.1) is 24.0 Å². The highest BCUT2D eigenvalue weighted by Gasteiger charge is 2.35. The molecule has 1 aromatic heterocycles. The summed E-state index contributed by atoms with van der Waals surface area (Å²) in [5, 5.41) is 7.97. The lowest BCUT2D eigenvalue weighted by Crippen LogP contribution is -2.47. The van der Waals surface area contributed by atoms with Crippen LogP contribution in [0.1, 0.15) is 55.6 Å². The molecule has 2 aromatic rings. The fraction of sp³-hybridized carbons (Fsp3) is 0.565. The average Bonchev–Trinajstić information content (AvgIpc) is 3.38. The van der Waals surface area contributed by atoms with Crippen LogP contribution in [-0.2, 0) is 12.5 Å². The summed E-state index contributed by atoms with van der Waals surface area (Å²) in [6, 6.07) is 7.20. The van der Waals surface area contributed by atoms with E-state index in [9.17, 15) is 4.39 Å². The van der Waals surface area contributed by atoms with Crippen LogP contribution in [0, 0.1) is 5.82 Å². The highest BCUT2D eigenvalue weighted by atomic mass is 127. The van der Waals surface area contributed by atoms with Gasteiger partial charge in [-0.25, -0.2) is 4.39 Å². The van der Waals surface area contributed by atoms with Crippen LogP contribution in [-0.4, -0.2) is 47.3 Å². The van der Waals surface area contributed by atoms with Gasteiger partial charge in [0, 0.05) is 51.3 Å². The molecule has 1 aromatic carbocycles. The van der Waals surface area contributed by atoms with Crippen molar-refractivity contribution in [3.63, 3.8) is 0 Å². The zero-order chi connectivity index (χ0) is 20.3. The second kappa shape index (κ2) is 10.1. The molecular weight excluding hydrogens is 492 g/mol. The molecule has 5 nitrogen and oxygen atoms in total. The second-order valence-electron chi connectivity index (χ2n) is 8.63. The number of halogens is 2. The lowest BCUT2D eigenvalue weighted by molar-refractivity contribution is 0.287. The van der Waals surface area contributed by atoms with Gasteiger partial charge in [-0.05, 0) is 42.5 Å². The number of aryl methyl sites for hydroxylation is 1. The molecule has 0 bridgehead atoms. The predicted octanol–water partition coefficient (Wildman–Crippen LogP) is 4.44. The van der Waals surface area contributed by atoms with Gasteiger partial charge in [0.1, 0.15) is 5.82 Å².